The van der Waals surface area contributed by atoms with Crippen molar-refractivity contribution in [2.24, 2.45) is 16.5 Å². The maximum atomic E-state index is 11.5. The van der Waals surface area contributed by atoms with Gasteiger partial charge in [0, 0.05) is 6.54 Å². The molecule has 0 aliphatic rings. The lowest BCUT2D eigenvalue weighted by Crippen LogP contribution is -2.28. The molecule has 0 aliphatic heterocycles. The molecular weight excluding hydrogens is 232 g/mol. The predicted octanol–water partition coefficient (Wildman–Crippen LogP) is 0.813. The highest BCUT2D eigenvalue weighted by molar-refractivity contribution is 5.76. The van der Waals surface area contributed by atoms with Crippen LogP contribution in [0, 0.1) is 0 Å². The average Bonchev–Trinajstić information content (AvgIpc) is 2.31. The van der Waals surface area contributed by atoms with E-state index in [1.807, 2.05) is 6.92 Å². The van der Waals surface area contributed by atoms with Crippen LogP contribution in [0.15, 0.2) is 4.99 Å². The molecular formula is C12H25N4O2. The Morgan fingerprint density at radius 1 is 1.33 bits per heavy atom. The van der Waals surface area contributed by atoms with Gasteiger partial charge in [0.25, 0.3) is 0 Å². The zero-order chi connectivity index (χ0) is 14.0. The summed E-state index contributed by atoms with van der Waals surface area (Å²) in [6, 6.07) is -0.844. The molecule has 2 atom stereocenters. The minimum Gasteiger partial charge on any atom is -0.461 e. The van der Waals surface area contributed by atoms with E-state index in [2.05, 4.69) is 11.9 Å². The van der Waals surface area contributed by atoms with Gasteiger partial charge >= 0.3 is 5.97 Å². The Labute approximate surface area is 109 Å². The molecule has 0 saturated carbocycles. The fraction of sp³-hybridized carbons (Fsp3) is 0.833. The van der Waals surface area contributed by atoms with Crippen molar-refractivity contribution in [2.45, 2.75) is 58.1 Å². The summed E-state index contributed by atoms with van der Waals surface area (Å²) in [5.41, 5.74) is 18.0. The van der Waals surface area contributed by atoms with Gasteiger partial charge in [-0.2, -0.15) is 0 Å². The Balaban J connectivity index is 3.78. The molecule has 0 amide bonds. The van der Waals surface area contributed by atoms with Crippen molar-refractivity contribution in [3.05, 3.63) is 0 Å². The molecule has 0 fully saturated rings. The van der Waals surface area contributed by atoms with Gasteiger partial charge in [-0.05, 0) is 26.2 Å². The number of aliphatic imine (C=N–C) groups is 1. The molecule has 6 heteroatoms. The summed E-state index contributed by atoms with van der Waals surface area (Å²) >= 11 is 0. The molecule has 0 aromatic carbocycles. The van der Waals surface area contributed by atoms with Crippen LogP contribution < -0.4 is 17.2 Å². The number of nitrogens with one attached hydrogen (secondary N) is 1. The fourth-order valence-corrected chi connectivity index (χ4v) is 1.45. The largest absolute Gasteiger partial charge is 0.461 e. The second-order valence-electron chi connectivity index (χ2n) is 4.39. The lowest BCUT2D eigenvalue weighted by Gasteiger charge is -2.15. The third-order valence-corrected chi connectivity index (χ3v) is 2.51. The van der Waals surface area contributed by atoms with Crippen molar-refractivity contribution in [3.63, 3.8) is 0 Å². The van der Waals surface area contributed by atoms with Gasteiger partial charge in [-0.15, -0.1) is 0 Å². The van der Waals surface area contributed by atoms with Gasteiger partial charge in [-0.3, -0.25) is 9.79 Å². The van der Waals surface area contributed by atoms with E-state index in [0.717, 1.165) is 19.3 Å². The molecule has 0 rings (SSSR count). The summed E-state index contributed by atoms with van der Waals surface area (Å²) in [5, 5.41) is 0. The van der Waals surface area contributed by atoms with Crippen molar-refractivity contribution in [2.75, 3.05) is 6.54 Å². The van der Waals surface area contributed by atoms with E-state index in [-0.39, 0.29) is 12.1 Å². The summed E-state index contributed by atoms with van der Waals surface area (Å²) in [5.74, 6) is -0.421. The minimum absolute atomic E-state index is 0.0345. The molecule has 1 radical (unpaired) electrons. The van der Waals surface area contributed by atoms with Crippen molar-refractivity contribution >= 4 is 11.9 Å². The van der Waals surface area contributed by atoms with Gasteiger partial charge < -0.3 is 16.2 Å². The van der Waals surface area contributed by atoms with Crippen molar-refractivity contribution in [1.29, 1.82) is 0 Å². The van der Waals surface area contributed by atoms with E-state index in [1.165, 1.54) is 0 Å². The number of esters is 1. The van der Waals surface area contributed by atoms with Gasteiger partial charge in [0.15, 0.2) is 5.96 Å². The summed E-state index contributed by atoms with van der Waals surface area (Å²) < 4.78 is 5.18. The molecule has 0 spiro atoms. The monoisotopic (exact) mass is 257 g/mol. The first-order valence-corrected chi connectivity index (χ1v) is 6.44. The molecule has 0 heterocycles. The topological polar surface area (TPSA) is 114 Å². The molecule has 18 heavy (non-hydrogen) atoms. The Bertz CT molecular complexity index is 265. The summed E-state index contributed by atoms with van der Waals surface area (Å²) in [4.78, 5) is 15.3. The highest BCUT2D eigenvalue weighted by Gasteiger charge is 2.17. The van der Waals surface area contributed by atoms with Crippen LogP contribution in [0.25, 0.3) is 0 Å². The zero-order valence-corrected chi connectivity index (χ0v) is 11.3. The van der Waals surface area contributed by atoms with E-state index in [4.69, 9.17) is 21.9 Å². The molecule has 5 N–H and O–H groups in total. The number of unbranched alkanes of at least 4 members (excludes halogenated alkanes) is 1. The van der Waals surface area contributed by atoms with Crippen LogP contribution in [0.3, 0.4) is 0 Å². The zero-order valence-electron chi connectivity index (χ0n) is 11.3. The maximum Gasteiger partial charge on any atom is 0.324 e. The average molecular weight is 257 g/mol. The molecule has 0 aliphatic carbocycles. The second kappa shape index (κ2) is 9.70. The van der Waals surface area contributed by atoms with E-state index in [0.29, 0.717) is 19.4 Å². The van der Waals surface area contributed by atoms with Gasteiger partial charge in [0.2, 0.25) is 0 Å². The number of rotatable bonds is 9. The van der Waals surface area contributed by atoms with Crippen molar-refractivity contribution in [1.82, 2.24) is 5.73 Å². The van der Waals surface area contributed by atoms with Gasteiger partial charge in [0.1, 0.15) is 6.04 Å². The molecule has 2 unspecified atom stereocenters. The first kappa shape index (κ1) is 16.7. The Hall–Kier alpha value is -1.30. The Kier molecular flexibility index (Phi) is 9.00. The first-order chi connectivity index (χ1) is 8.47. The number of ether oxygens (including phenoxy) is 1. The fourth-order valence-electron chi connectivity index (χ4n) is 1.45. The molecule has 0 saturated heterocycles. The molecule has 0 bridgehead atoms. The highest BCUT2D eigenvalue weighted by atomic mass is 16.5. The third kappa shape index (κ3) is 8.81. The summed E-state index contributed by atoms with van der Waals surface area (Å²) in [6.07, 6.45) is 3.86. The van der Waals surface area contributed by atoms with Crippen LogP contribution in [0.4, 0.5) is 0 Å². The lowest BCUT2D eigenvalue weighted by molar-refractivity contribution is -0.150. The maximum absolute atomic E-state index is 11.5. The lowest BCUT2D eigenvalue weighted by atomic mass is 10.1. The third-order valence-electron chi connectivity index (χ3n) is 2.51. The predicted molar refractivity (Wildman–Crippen MR) is 71.9 cm³/mol. The Morgan fingerprint density at radius 3 is 2.56 bits per heavy atom. The second-order valence-corrected chi connectivity index (χ2v) is 4.39. The number of guanidine groups is 1. The van der Waals surface area contributed by atoms with Crippen LogP contribution in [-0.2, 0) is 9.53 Å². The van der Waals surface area contributed by atoms with E-state index in [9.17, 15) is 4.79 Å². The van der Waals surface area contributed by atoms with Crippen LogP contribution in [0.5, 0.6) is 0 Å². The number of carbonyl (C=O) groups excluding carboxylic acids is 1. The number of hydrogen-bond acceptors (Lipinski definition) is 3. The smallest absolute Gasteiger partial charge is 0.324 e. The molecule has 0 aromatic rings. The summed E-state index contributed by atoms with van der Waals surface area (Å²) in [7, 11) is 0. The highest BCUT2D eigenvalue weighted by Crippen LogP contribution is 2.07. The van der Waals surface area contributed by atoms with Crippen molar-refractivity contribution < 1.29 is 9.53 Å². The minimum atomic E-state index is -0.844. The molecule has 105 valence electrons. The number of carbonyl (C=O) groups is 1. The van der Waals surface area contributed by atoms with Gasteiger partial charge in [0.05, 0.1) is 6.10 Å². The van der Waals surface area contributed by atoms with Crippen LogP contribution >= 0.6 is 0 Å². The number of nitrogens with zero attached hydrogens (tertiary/aromatic N) is 1. The van der Waals surface area contributed by atoms with E-state index < -0.39 is 12.0 Å². The van der Waals surface area contributed by atoms with Crippen molar-refractivity contribution in [3.8, 4) is 0 Å². The number of nitrogens with two attached hydrogens (primary N) is 2. The number of hydrogen-bond donors (Lipinski definition) is 2. The standard InChI is InChI=1S/C12H25N4O2/c1-3-4-6-9(2)18-11(17)10(13)7-5-8-16-12(14)15/h9-10,13H,3-8H2,1-2H3,(H4,14,15,16). The van der Waals surface area contributed by atoms with E-state index >= 15 is 0 Å². The van der Waals surface area contributed by atoms with Gasteiger partial charge in [-0.1, -0.05) is 19.8 Å². The quantitative estimate of drug-likeness (QED) is 0.275. The first-order valence-electron chi connectivity index (χ1n) is 6.44. The normalized spacial score (nSPS) is 13.7. The van der Waals surface area contributed by atoms with Crippen LogP contribution in [0.2, 0.25) is 0 Å². The van der Waals surface area contributed by atoms with Gasteiger partial charge in [-0.25, -0.2) is 5.73 Å². The molecule has 6 nitrogen and oxygen atoms in total. The molecule has 0 aromatic heterocycles. The SMILES string of the molecule is CCCCC(C)OC(=O)C([NH])CCCN=C(N)N. The summed E-state index contributed by atoms with van der Waals surface area (Å²) in [6.45, 7) is 4.39. The Morgan fingerprint density at radius 2 is 2.00 bits per heavy atom. The van der Waals surface area contributed by atoms with E-state index in [1.54, 1.807) is 0 Å². The van der Waals surface area contributed by atoms with Crippen LogP contribution in [-0.4, -0.2) is 30.6 Å². The van der Waals surface area contributed by atoms with Crippen LogP contribution in [0.1, 0.15) is 46.0 Å².